The largest absolute Gasteiger partial charge is 0.325 e. The summed E-state index contributed by atoms with van der Waals surface area (Å²) < 4.78 is 0. The smallest absolute Gasteiger partial charge is 0.256 e. The van der Waals surface area contributed by atoms with E-state index in [4.69, 9.17) is 23.2 Å². The molecule has 1 saturated heterocycles. The number of piperazine rings is 1. The third-order valence-electron chi connectivity index (χ3n) is 4.39. The van der Waals surface area contributed by atoms with Crippen molar-refractivity contribution in [3.8, 4) is 0 Å². The number of nitrogens with zero attached hydrogens (tertiary/aromatic N) is 2. The molecule has 0 spiro atoms. The summed E-state index contributed by atoms with van der Waals surface area (Å²) in [5, 5.41) is 0.758. The summed E-state index contributed by atoms with van der Waals surface area (Å²) in [5.41, 5.74) is 2.30. The summed E-state index contributed by atoms with van der Waals surface area (Å²) >= 11 is 12.0. The van der Waals surface area contributed by atoms with E-state index in [1.807, 2.05) is 31.2 Å². The molecule has 2 aromatic rings. The van der Waals surface area contributed by atoms with Gasteiger partial charge in [-0.3, -0.25) is 9.59 Å². The Kier molecular flexibility index (Phi) is 5.02. The maximum absolute atomic E-state index is 12.8. The van der Waals surface area contributed by atoms with Crippen LogP contribution < -0.4 is 4.90 Å². The third kappa shape index (κ3) is 3.51. The summed E-state index contributed by atoms with van der Waals surface area (Å²) in [6.07, 6.45) is 0. The van der Waals surface area contributed by atoms with E-state index < -0.39 is 6.04 Å². The predicted molar refractivity (Wildman–Crippen MR) is 100 cm³/mol. The van der Waals surface area contributed by atoms with Crippen LogP contribution in [0.5, 0.6) is 0 Å². The molecule has 6 heteroatoms. The SMILES string of the molecule is Cc1cccc(N2CCN(C(=O)c3ccc(Cl)cc3Cl)[C@H](C)C2=O)c1. The van der Waals surface area contributed by atoms with Crippen LogP contribution in [-0.2, 0) is 4.79 Å². The number of carbonyl (C=O) groups is 2. The van der Waals surface area contributed by atoms with E-state index in [-0.39, 0.29) is 11.8 Å². The van der Waals surface area contributed by atoms with E-state index in [2.05, 4.69) is 0 Å². The second-order valence-corrected chi connectivity index (χ2v) is 6.97. The summed E-state index contributed by atoms with van der Waals surface area (Å²) in [7, 11) is 0. The number of rotatable bonds is 2. The van der Waals surface area contributed by atoms with Crippen LogP contribution in [0.3, 0.4) is 0 Å². The summed E-state index contributed by atoms with van der Waals surface area (Å²) in [6.45, 7) is 4.62. The topological polar surface area (TPSA) is 40.6 Å². The van der Waals surface area contributed by atoms with Crippen molar-refractivity contribution in [3.63, 3.8) is 0 Å². The van der Waals surface area contributed by atoms with Crippen molar-refractivity contribution in [1.29, 1.82) is 0 Å². The van der Waals surface area contributed by atoms with Crippen molar-refractivity contribution < 1.29 is 9.59 Å². The average Bonchev–Trinajstić information content (AvgIpc) is 2.56. The van der Waals surface area contributed by atoms with Gasteiger partial charge in [-0.15, -0.1) is 0 Å². The number of hydrogen-bond acceptors (Lipinski definition) is 2. The van der Waals surface area contributed by atoms with Gasteiger partial charge in [0.1, 0.15) is 6.04 Å². The molecular weight excluding hydrogens is 359 g/mol. The van der Waals surface area contributed by atoms with Gasteiger partial charge in [0.2, 0.25) is 5.91 Å². The lowest BCUT2D eigenvalue weighted by atomic mass is 10.1. The number of carbonyl (C=O) groups excluding carboxylic acids is 2. The maximum Gasteiger partial charge on any atom is 0.256 e. The van der Waals surface area contributed by atoms with E-state index in [0.717, 1.165) is 11.3 Å². The van der Waals surface area contributed by atoms with Gasteiger partial charge in [0.05, 0.1) is 10.6 Å². The van der Waals surface area contributed by atoms with Crippen LogP contribution in [0.2, 0.25) is 10.0 Å². The van der Waals surface area contributed by atoms with Gasteiger partial charge in [-0.25, -0.2) is 0 Å². The lowest BCUT2D eigenvalue weighted by Crippen LogP contribution is -2.57. The standard InChI is InChI=1S/C19H18Cl2N2O2/c1-12-4-3-5-15(10-12)23-9-8-22(13(2)18(23)24)19(25)16-7-6-14(20)11-17(16)21/h3-7,10-11,13H,8-9H2,1-2H3/t13-/m1/s1. The Bertz CT molecular complexity index is 838. The molecule has 1 aliphatic rings. The zero-order chi connectivity index (χ0) is 18.1. The highest BCUT2D eigenvalue weighted by Crippen LogP contribution is 2.26. The molecule has 1 fully saturated rings. The normalized spacial score (nSPS) is 17.8. The number of anilines is 1. The van der Waals surface area contributed by atoms with Gasteiger partial charge < -0.3 is 9.80 Å². The van der Waals surface area contributed by atoms with E-state index in [1.54, 1.807) is 28.9 Å². The van der Waals surface area contributed by atoms with Crippen LogP contribution in [0.4, 0.5) is 5.69 Å². The first-order chi connectivity index (χ1) is 11.9. The van der Waals surface area contributed by atoms with Crippen molar-refractivity contribution in [2.45, 2.75) is 19.9 Å². The Morgan fingerprint density at radius 3 is 2.56 bits per heavy atom. The van der Waals surface area contributed by atoms with Gasteiger partial charge in [0.15, 0.2) is 0 Å². The third-order valence-corrected chi connectivity index (χ3v) is 4.94. The van der Waals surface area contributed by atoms with E-state index in [0.29, 0.717) is 28.7 Å². The summed E-state index contributed by atoms with van der Waals surface area (Å²) in [5.74, 6) is -0.360. The van der Waals surface area contributed by atoms with Crippen LogP contribution in [0, 0.1) is 6.92 Å². The average molecular weight is 377 g/mol. The number of benzene rings is 2. The molecular formula is C19H18Cl2N2O2. The molecule has 0 bridgehead atoms. The van der Waals surface area contributed by atoms with Crippen LogP contribution in [0.15, 0.2) is 42.5 Å². The van der Waals surface area contributed by atoms with E-state index in [9.17, 15) is 9.59 Å². The van der Waals surface area contributed by atoms with Crippen molar-refractivity contribution >= 4 is 40.7 Å². The maximum atomic E-state index is 12.8. The van der Waals surface area contributed by atoms with Gasteiger partial charge in [-0.1, -0.05) is 35.3 Å². The molecule has 2 amide bonds. The van der Waals surface area contributed by atoms with Crippen molar-refractivity contribution in [2.24, 2.45) is 0 Å². The molecule has 130 valence electrons. The monoisotopic (exact) mass is 376 g/mol. The fourth-order valence-electron chi connectivity index (χ4n) is 3.02. The van der Waals surface area contributed by atoms with Gasteiger partial charge >= 0.3 is 0 Å². The van der Waals surface area contributed by atoms with Gasteiger partial charge in [-0.05, 0) is 49.7 Å². The molecule has 1 atom stereocenters. The summed E-state index contributed by atoms with van der Waals surface area (Å²) in [6, 6.07) is 12.0. The fourth-order valence-corrected chi connectivity index (χ4v) is 3.51. The van der Waals surface area contributed by atoms with Crippen LogP contribution in [0.25, 0.3) is 0 Å². The van der Waals surface area contributed by atoms with Crippen LogP contribution in [-0.4, -0.2) is 35.8 Å². The molecule has 1 heterocycles. The minimum Gasteiger partial charge on any atom is -0.325 e. The molecule has 3 rings (SSSR count). The summed E-state index contributed by atoms with van der Waals surface area (Å²) in [4.78, 5) is 28.9. The van der Waals surface area contributed by atoms with Crippen LogP contribution >= 0.6 is 23.2 Å². The molecule has 0 aromatic heterocycles. The minimum atomic E-state index is -0.562. The van der Waals surface area contributed by atoms with Crippen molar-refractivity contribution in [3.05, 3.63) is 63.6 Å². The predicted octanol–water partition coefficient (Wildman–Crippen LogP) is 4.18. The van der Waals surface area contributed by atoms with Gasteiger partial charge in [0.25, 0.3) is 5.91 Å². The number of hydrogen-bond donors (Lipinski definition) is 0. The zero-order valence-corrected chi connectivity index (χ0v) is 15.5. The first kappa shape index (κ1) is 17.8. The Balaban J connectivity index is 1.83. The second-order valence-electron chi connectivity index (χ2n) is 6.13. The van der Waals surface area contributed by atoms with E-state index >= 15 is 0 Å². The van der Waals surface area contributed by atoms with Crippen molar-refractivity contribution in [1.82, 2.24) is 4.90 Å². The Hall–Kier alpha value is -2.04. The lowest BCUT2D eigenvalue weighted by Gasteiger charge is -2.39. The molecule has 0 unspecified atom stereocenters. The van der Waals surface area contributed by atoms with Crippen LogP contribution in [0.1, 0.15) is 22.8 Å². The number of aryl methyl sites for hydroxylation is 1. The zero-order valence-electron chi connectivity index (χ0n) is 14.0. The first-order valence-corrected chi connectivity index (χ1v) is 8.78. The van der Waals surface area contributed by atoms with Crippen molar-refractivity contribution in [2.75, 3.05) is 18.0 Å². The number of halogens is 2. The Labute approximate surface area is 156 Å². The molecule has 4 nitrogen and oxygen atoms in total. The molecule has 1 aliphatic heterocycles. The highest BCUT2D eigenvalue weighted by Gasteiger charge is 2.35. The highest BCUT2D eigenvalue weighted by atomic mass is 35.5. The fraction of sp³-hybridized carbons (Fsp3) is 0.263. The molecule has 0 saturated carbocycles. The molecule has 0 aliphatic carbocycles. The molecule has 0 radical (unpaired) electrons. The molecule has 2 aromatic carbocycles. The molecule has 25 heavy (non-hydrogen) atoms. The lowest BCUT2D eigenvalue weighted by molar-refractivity contribution is -0.124. The number of amides is 2. The Morgan fingerprint density at radius 1 is 1.12 bits per heavy atom. The van der Waals surface area contributed by atoms with E-state index in [1.165, 1.54) is 6.07 Å². The minimum absolute atomic E-state index is 0.102. The van der Waals surface area contributed by atoms with Gasteiger partial charge in [-0.2, -0.15) is 0 Å². The Morgan fingerprint density at radius 2 is 1.88 bits per heavy atom. The highest BCUT2D eigenvalue weighted by molar-refractivity contribution is 6.36. The second kappa shape index (κ2) is 7.06. The van der Waals surface area contributed by atoms with Gasteiger partial charge in [0, 0.05) is 23.8 Å². The molecule has 0 N–H and O–H groups in total. The quantitative estimate of drug-likeness (QED) is 0.788. The first-order valence-electron chi connectivity index (χ1n) is 8.02.